The van der Waals surface area contributed by atoms with Crippen molar-refractivity contribution in [2.45, 2.75) is 205 Å². The second kappa shape index (κ2) is 31.5. The number of carbonyl (C=O) groups excluding carboxylic acids is 1. The van der Waals surface area contributed by atoms with Crippen LogP contribution in [0.25, 0.3) is 0 Å². The summed E-state index contributed by atoms with van der Waals surface area (Å²) >= 11 is 0. The lowest BCUT2D eigenvalue weighted by atomic mass is 9.82. The first-order chi connectivity index (χ1) is 22.0. The van der Waals surface area contributed by atoms with Gasteiger partial charge in [0, 0.05) is 20.1 Å². The van der Waals surface area contributed by atoms with Gasteiger partial charge in [-0.2, -0.15) is 0 Å². The average molecular weight is 638 g/mol. The molecule has 0 aromatic heterocycles. The summed E-state index contributed by atoms with van der Waals surface area (Å²) in [6.45, 7) is 1.19. The van der Waals surface area contributed by atoms with Gasteiger partial charge in [-0.15, -0.1) is 0 Å². The van der Waals surface area contributed by atoms with Crippen molar-refractivity contribution in [3.63, 3.8) is 0 Å². The first kappa shape index (κ1) is 41.9. The standard InChI is InChI=1S/C39H75NO5/c1-45-34-37(41)27-25-23-21-19-17-15-13-11-9-7-5-3-2-4-6-8-10-12-14-16-18-20-22-24-26-28-38(42)40-33-35-29-31-36(32-30-35)39(43)44/h35-37,41H,2-34H2,1H3,(H,40,42)(H,43,44). The molecule has 1 aliphatic carbocycles. The molecule has 266 valence electrons. The van der Waals surface area contributed by atoms with Crippen molar-refractivity contribution >= 4 is 11.9 Å². The Bertz CT molecular complexity index is 664. The van der Waals surface area contributed by atoms with Crippen LogP contribution >= 0.6 is 0 Å². The lowest BCUT2D eigenvalue weighted by molar-refractivity contribution is -0.143. The van der Waals surface area contributed by atoms with E-state index in [4.69, 9.17) is 9.84 Å². The molecule has 0 bridgehead atoms. The number of methoxy groups -OCH3 is 1. The van der Waals surface area contributed by atoms with Gasteiger partial charge in [0.2, 0.25) is 5.91 Å². The number of ether oxygens (including phenoxy) is 1. The number of nitrogens with one attached hydrogen (secondary N) is 1. The normalized spacial score (nSPS) is 17.4. The van der Waals surface area contributed by atoms with Crippen molar-refractivity contribution in [1.29, 1.82) is 0 Å². The first-order valence-electron chi connectivity index (χ1n) is 19.7. The highest BCUT2D eigenvalue weighted by Crippen LogP contribution is 2.28. The molecule has 6 nitrogen and oxygen atoms in total. The van der Waals surface area contributed by atoms with E-state index in [1.165, 1.54) is 141 Å². The van der Waals surface area contributed by atoms with Crippen molar-refractivity contribution < 1.29 is 24.5 Å². The zero-order chi connectivity index (χ0) is 32.6. The van der Waals surface area contributed by atoms with Crippen LogP contribution in [0.15, 0.2) is 0 Å². The number of aliphatic carboxylic acids is 1. The zero-order valence-corrected chi connectivity index (χ0v) is 29.7. The number of amides is 1. The van der Waals surface area contributed by atoms with Crippen LogP contribution in [0.1, 0.15) is 199 Å². The number of hydrogen-bond acceptors (Lipinski definition) is 4. The smallest absolute Gasteiger partial charge is 0.306 e. The molecule has 0 spiro atoms. The summed E-state index contributed by atoms with van der Waals surface area (Å²) in [7, 11) is 1.65. The Morgan fingerprint density at radius 3 is 1.31 bits per heavy atom. The van der Waals surface area contributed by atoms with Crippen molar-refractivity contribution in [3.05, 3.63) is 0 Å². The van der Waals surface area contributed by atoms with Crippen LogP contribution < -0.4 is 5.32 Å². The number of unbranched alkanes of at least 4 members (excludes halogenated alkanes) is 24. The second-order valence-electron chi connectivity index (χ2n) is 14.3. The first-order valence-corrected chi connectivity index (χ1v) is 19.7. The Balaban J connectivity index is 1.68. The third-order valence-corrected chi connectivity index (χ3v) is 10.1. The van der Waals surface area contributed by atoms with E-state index in [-0.39, 0.29) is 17.9 Å². The highest BCUT2D eigenvalue weighted by atomic mass is 16.5. The topological polar surface area (TPSA) is 95.9 Å². The molecule has 6 heteroatoms. The van der Waals surface area contributed by atoms with Crippen LogP contribution in [0, 0.1) is 11.8 Å². The lowest BCUT2D eigenvalue weighted by Gasteiger charge is -2.26. The van der Waals surface area contributed by atoms with Gasteiger partial charge in [-0.25, -0.2) is 0 Å². The molecule has 0 heterocycles. The van der Waals surface area contributed by atoms with Gasteiger partial charge < -0.3 is 20.3 Å². The summed E-state index contributed by atoms with van der Waals surface area (Å²) in [4.78, 5) is 23.2. The maximum absolute atomic E-state index is 12.1. The molecule has 1 amide bonds. The monoisotopic (exact) mass is 638 g/mol. The van der Waals surface area contributed by atoms with Gasteiger partial charge in [0.1, 0.15) is 0 Å². The molecule has 1 aliphatic rings. The molecule has 0 aromatic rings. The van der Waals surface area contributed by atoms with E-state index in [2.05, 4.69) is 5.32 Å². The molecule has 0 aromatic carbocycles. The fraction of sp³-hybridized carbons (Fsp3) is 0.949. The van der Waals surface area contributed by atoms with E-state index >= 15 is 0 Å². The Kier molecular flexibility index (Phi) is 29.3. The summed E-state index contributed by atoms with van der Waals surface area (Å²) in [5.41, 5.74) is 0. The second-order valence-corrected chi connectivity index (χ2v) is 14.3. The summed E-state index contributed by atoms with van der Waals surface area (Å²) < 4.78 is 4.97. The largest absolute Gasteiger partial charge is 0.481 e. The Labute approximate surface area is 278 Å². The molecular weight excluding hydrogens is 562 g/mol. The van der Waals surface area contributed by atoms with Crippen molar-refractivity contribution in [2.24, 2.45) is 11.8 Å². The molecule has 0 radical (unpaired) electrons. The van der Waals surface area contributed by atoms with Crippen molar-refractivity contribution in [1.82, 2.24) is 5.32 Å². The van der Waals surface area contributed by atoms with E-state index in [0.717, 1.165) is 57.9 Å². The molecular formula is C39H75NO5. The number of carboxylic acids is 1. The maximum atomic E-state index is 12.1. The van der Waals surface area contributed by atoms with Gasteiger partial charge in [0.25, 0.3) is 0 Å². The van der Waals surface area contributed by atoms with Crippen molar-refractivity contribution in [2.75, 3.05) is 20.3 Å². The molecule has 3 N–H and O–H groups in total. The van der Waals surface area contributed by atoms with E-state index in [1.54, 1.807) is 7.11 Å². The van der Waals surface area contributed by atoms with Crippen molar-refractivity contribution in [3.8, 4) is 0 Å². The zero-order valence-electron chi connectivity index (χ0n) is 29.7. The summed E-state index contributed by atoms with van der Waals surface area (Å²) in [5.74, 6) is -0.214. The summed E-state index contributed by atoms with van der Waals surface area (Å²) in [6, 6.07) is 0. The summed E-state index contributed by atoms with van der Waals surface area (Å²) in [6.07, 6.45) is 38.3. The van der Waals surface area contributed by atoms with Crippen LogP contribution in [-0.4, -0.2) is 48.5 Å². The van der Waals surface area contributed by atoms with E-state index in [0.29, 0.717) is 18.9 Å². The van der Waals surface area contributed by atoms with Gasteiger partial charge in [-0.1, -0.05) is 154 Å². The number of aliphatic hydroxyl groups is 1. The van der Waals surface area contributed by atoms with Gasteiger partial charge in [-0.3, -0.25) is 9.59 Å². The van der Waals surface area contributed by atoms with Crippen LogP contribution in [0.5, 0.6) is 0 Å². The molecule has 1 unspecified atom stereocenters. The van der Waals surface area contributed by atoms with Gasteiger partial charge in [0.05, 0.1) is 18.6 Å². The SMILES string of the molecule is COCC(O)CCCCCCCCCCCCCCCCCCCCCCCCCCCC(=O)NCC1CCC(C(=O)O)CC1. The number of carboxylic acid groups (broad SMARTS) is 1. The molecule has 45 heavy (non-hydrogen) atoms. The Hall–Kier alpha value is -1.14. The van der Waals surface area contributed by atoms with Crippen LogP contribution in [0.2, 0.25) is 0 Å². The summed E-state index contributed by atoms with van der Waals surface area (Å²) in [5, 5.41) is 21.8. The Morgan fingerprint density at radius 2 is 0.956 bits per heavy atom. The van der Waals surface area contributed by atoms with E-state index < -0.39 is 5.97 Å². The maximum Gasteiger partial charge on any atom is 0.306 e. The minimum absolute atomic E-state index is 0.170. The van der Waals surface area contributed by atoms with E-state index in [1.807, 2.05) is 0 Å². The Morgan fingerprint density at radius 1 is 0.600 bits per heavy atom. The number of carbonyl (C=O) groups is 2. The minimum Gasteiger partial charge on any atom is -0.481 e. The lowest BCUT2D eigenvalue weighted by Crippen LogP contribution is -2.32. The van der Waals surface area contributed by atoms with Crippen LogP contribution in [-0.2, 0) is 14.3 Å². The third-order valence-electron chi connectivity index (χ3n) is 10.1. The van der Waals surface area contributed by atoms with Gasteiger partial charge >= 0.3 is 5.97 Å². The van der Waals surface area contributed by atoms with Crippen LogP contribution in [0.3, 0.4) is 0 Å². The number of hydrogen-bond donors (Lipinski definition) is 3. The predicted molar refractivity (Wildman–Crippen MR) is 189 cm³/mol. The predicted octanol–water partition coefficient (Wildman–Crippen LogP) is 10.5. The molecule has 1 rings (SSSR count). The molecule has 0 aliphatic heterocycles. The highest BCUT2D eigenvalue weighted by Gasteiger charge is 2.25. The van der Waals surface area contributed by atoms with Crippen LogP contribution in [0.4, 0.5) is 0 Å². The highest BCUT2D eigenvalue weighted by molar-refractivity contribution is 5.75. The average Bonchev–Trinajstić information content (AvgIpc) is 3.03. The molecule has 0 saturated heterocycles. The number of aliphatic hydroxyl groups excluding tert-OH is 1. The quantitative estimate of drug-likeness (QED) is 0.0622. The minimum atomic E-state index is -0.663. The molecule has 1 fully saturated rings. The fourth-order valence-corrected chi connectivity index (χ4v) is 6.97. The van der Waals surface area contributed by atoms with Gasteiger partial charge in [0.15, 0.2) is 0 Å². The van der Waals surface area contributed by atoms with Gasteiger partial charge in [-0.05, 0) is 44.4 Å². The molecule has 1 atom stereocenters. The van der Waals surface area contributed by atoms with E-state index in [9.17, 15) is 14.7 Å². The fourth-order valence-electron chi connectivity index (χ4n) is 6.97. The third kappa shape index (κ3) is 27.7. The molecule has 1 saturated carbocycles. The number of rotatable bonds is 33.